The van der Waals surface area contributed by atoms with Gasteiger partial charge in [-0.2, -0.15) is 0 Å². The van der Waals surface area contributed by atoms with Crippen molar-refractivity contribution in [2.45, 2.75) is 31.6 Å². The second-order valence-electron chi connectivity index (χ2n) is 4.23. The molecule has 2 aliphatic heterocycles. The smallest absolute Gasteiger partial charge is 0.183 e. The van der Waals surface area contributed by atoms with Crippen LogP contribution >= 0.6 is 22.9 Å². The van der Waals surface area contributed by atoms with Gasteiger partial charge >= 0.3 is 0 Å². The standard InChI is InChI=1S/C10H13ClN2OS/c11-10-12-3-9(15-10)6-13-4-7-1-2-8(5-13)14-7/h3,7-8H,1-2,4-6H2. The molecule has 82 valence electrons. The molecule has 0 aliphatic carbocycles. The van der Waals surface area contributed by atoms with Crippen LogP contribution in [0, 0.1) is 0 Å². The summed E-state index contributed by atoms with van der Waals surface area (Å²) in [5, 5.41) is 0. The van der Waals surface area contributed by atoms with E-state index in [4.69, 9.17) is 16.3 Å². The van der Waals surface area contributed by atoms with Crippen molar-refractivity contribution in [3.63, 3.8) is 0 Å². The van der Waals surface area contributed by atoms with E-state index in [1.807, 2.05) is 6.20 Å². The Balaban J connectivity index is 1.64. The molecule has 15 heavy (non-hydrogen) atoms. The Morgan fingerprint density at radius 3 is 2.80 bits per heavy atom. The predicted molar refractivity (Wildman–Crippen MR) is 60.3 cm³/mol. The highest BCUT2D eigenvalue weighted by molar-refractivity contribution is 7.15. The molecular weight excluding hydrogens is 232 g/mol. The fourth-order valence-corrected chi connectivity index (χ4v) is 3.43. The van der Waals surface area contributed by atoms with E-state index in [1.165, 1.54) is 17.7 Å². The summed E-state index contributed by atoms with van der Waals surface area (Å²) in [4.78, 5) is 7.77. The number of morpholine rings is 1. The van der Waals surface area contributed by atoms with Gasteiger partial charge in [0, 0.05) is 30.7 Å². The number of thiazole rings is 1. The first-order chi connectivity index (χ1) is 7.29. The average Bonchev–Trinajstić information content (AvgIpc) is 2.74. The lowest BCUT2D eigenvalue weighted by Gasteiger charge is -2.31. The summed E-state index contributed by atoms with van der Waals surface area (Å²) in [7, 11) is 0. The van der Waals surface area contributed by atoms with Gasteiger partial charge in [-0.3, -0.25) is 4.90 Å². The van der Waals surface area contributed by atoms with Crippen LogP contribution in [0.15, 0.2) is 6.20 Å². The Labute approximate surface area is 98.0 Å². The van der Waals surface area contributed by atoms with E-state index in [0.29, 0.717) is 16.7 Å². The molecule has 2 atom stereocenters. The third-order valence-electron chi connectivity index (χ3n) is 3.02. The van der Waals surface area contributed by atoms with E-state index in [1.54, 1.807) is 11.3 Å². The third-order valence-corrected chi connectivity index (χ3v) is 4.12. The molecule has 2 fully saturated rings. The maximum Gasteiger partial charge on any atom is 0.183 e. The molecule has 1 aromatic heterocycles. The largest absolute Gasteiger partial charge is 0.372 e. The number of fused-ring (bicyclic) bond motifs is 2. The third kappa shape index (κ3) is 2.18. The molecule has 0 radical (unpaired) electrons. The molecule has 3 nitrogen and oxygen atoms in total. The van der Waals surface area contributed by atoms with Gasteiger partial charge in [0.2, 0.25) is 0 Å². The van der Waals surface area contributed by atoms with Crippen LogP contribution in [-0.2, 0) is 11.3 Å². The van der Waals surface area contributed by atoms with E-state index in [2.05, 4.69) is 9.88 Å². The Bertz CT molecular complexity index is 345. The predicted octanol–water partition coefficient (Wildman–Crippen LogP) is 2.16. The van der Waals surface area contributed by atoms with Crippen LogP contribution in [0.4, 0.5) is 0 Å². The first kappa shape index (κ1) is 10.0. The minimum absolute atomic E-state index is 0.465. The summed E-state index contributed by atoms with van der Waals surface area (Å²) in [6.45, 7) is 3.10. The Kier molecular flexibility index (Phi) is 2.68. The summed E-state index contributed by atoms with van der Waals surface area (Å²) >= 11 is 7.39. The molecule has 1 aromatic rings. The number of aromatic nitrogens is 1. The topological polar surface area (TPSA) is 25.4 Å². The van der Waals surface area contributed by atoms with Crippen molar-refractivity contribution in [1.82, 2.24) is 9.88 Å². The molecule has 2 bridgehead atoms. The van der Waals surface area contributed by atoms with Crippen molar-refractivity contribution in [2.24, 2.45) is 0 Å². The monoisotopic (exact) mass is 244 g/mol. The lowest BCUT2D eigenvalue weighted by Crippen LogP contribution is -2.41. The zero-order chi connectivity index (χ0) is 10.3. The molecule has 2 unspecified atom stereocenters. The van der Waals surface area contributed by atoms with Gasteiger partial charge in [-0.05, 0) is 12.8 Å². The number of hydrogen-bond acceptors (Lipinski definition) is 4. The van der Waals surface area contributed by atoms with Gasteiger partial charge in [0.1, 0.15) is 0 Å². The fraction of sp³-hybridized carbons (Fsp3) is 0.700. The van der Waals surface area contributed by atoms with Crippen molar-refractivity contribution in [1.29, 1.82) is 0 Å². The second-order valence-corrected chi connectivity index (χ2v) is 5.93. The van der Waals surface area contributed by atoms with Crippen LogP contribution in [0.25, 0.3) is 0 Å². The zero-order valence-electron chi connectivity index (χ0n) is 8.36. The van der Waals surface area contributed by atoms with Gasteiger partial charge in [0.25, 0.3) is 0 Å². The number of rotatable bonds is 2. The molecule has 0 amide bonds. The summed E-state index contributed by atoms with van der Waals surface area (Å²) in [5.74, 6) is 0. The summed E-state index contributed by atoms with van der Waals surface area (Å²) < 4.78 is 6.43. The number of ether oxygens (including phenoxy) is 1. The number of likely N-dealkylation sites (tertiary alicyclic amines) is 1. The summed E-state index contributed by atoms with van der Waals surface area (Å²) in [5.41, 5.74) is 0. The van der Waals surface area contributed by atoms with Crippen LogP contribution in [0.3, 0.4) is 0 Å². The zero-order valence-corrected chi connectivity index (χ0v) is 9.93. The molecule has 0 aromatic carbocycles. The van der Waals surface area contributed by atoms with E-state index in [9.17, 15) is 0 Å². The maximum absolute atomic E-state index is 5.81. The average molecular weight is 245 g/mol. The Morgan fingerprint density at radius 1 is 1.47 bits per heavy atom. The highest BCUT2D eigenvalue weighted by Gasteiger charge is 2.33. The summed E-state index contributed by atoms with van der Waals surface area (Å²) in [6, 6.07) is 0. The van der Waals surface area contributed by atoms with E-state index >= 15 is 0 Å². The number of hydrogen-bond donors (Lipinski definition) is 0. The maximum atomic E-state index is 5.81. The van der Waals surface area contributed by atoms with Gasteiger partial charge in [-0.15, -0.1) is 11.3 Å². The van der Waals surface area contributed by atoms with Crippen molar-refractivity contribution in [3.05, 3.63) is 15.5 Å². The van der Waals surface area contributed by atoms with Crippen molar-refractivity contribution < 1.29 is 4.74 Å². The minimum Gasteiger partial charge on any atom is -0.372 e. The van der Waals surface area contributed by atoms with Gasteiger partial charge in [-0.25, -0.2) is 4.98 Å². The number of nitrogens with zero attached hydrogens (tertiary/aromatic N) is 2. The lowest BCUT2D eigenvalue weighted by molar-refractivity contribution is -0.0407. The lowest BCUT2D eigenvalue weighted by atomic mass is 10.2. The fourth-order valence-electron chi connectivity index (χ4n) is 2.41. The van der Waals surface area contributed by atoms with Crippen LogP contribution < -0.4 is 0 Å². The molecular formula is C10H13ClN2OS. The van der Waals surface area contributed by atoms with E-state index in [0.717, 1.165) is 19.6 Å². The molecule has 0 spiro atoms. The van der Waals surface area contributed by atoms with Gasteiger partial charge in [-0.1, -0.05) is 11.6 Å². The molecule has 2 aliphatic rings. The molecule has 0 saturated carbocycles. The quantitative estimate of drug-likeness (QED) is 0.797. The minimum atomic E-state index is 0.465. The molecule has 0 N–H and O–H groups in total. The molecule has 3 heterocycles. The van der Waals surface area contributed by atoms with Crippen molar-refractivity contribution in [3.8, 4) is 0 Å². The van der Waals surface area contributed by atoms with Crippen LogP contribution in [0.1, 0.15) is 17.7 Å². The molecule has 2 saturated heterocycles. The second kappa shape index (κ2) is 4.01. The first-order valence-corrected chi connectivity index (χ1v) is 6.47. The van der Waals surface area contributed by atoms with Gasteiger partial charge < -0.3 is 4.74 Å². The van der Waals surface area contributed by atoms with E-state index < -0.39 is 0 Å². The Morgan fingerprint density at radius 2 is 2.20 bits per heavy atom. The first-order valence-electron chi connectivity index (χ1n) is 5.27. The van der Waals surface area contributed by atoms with Gasteiger partial charge in [0.05, 0.1) is 12.2 Å². The number of halogens is 1. The SMILES string of the molecule is Clc1ncc(CN2CC3CCC(C2)O3)s1. The van der Waals surface area contributed by atoms with Crippen LogP contribution in [0.2, 0.25) is 4.47 Å². The van der Waals surface area contributed by atoms with Crippen molar-refractivity contribution in [2.75, 3.05) is 13.1 Å². The normalized spacial score (nSPS) is 31.0. The molecule has 3 rings (SSSR count). The van der Waals surface area contributed by atoms with Gasteiger partial charge in [0.15, 0.2) is 4.47 Å². The van der Waals surface area contributed by atoms with Crippen molar-refractivity contribution >= 4 is 22.9 Å². The molecule has 5 heteroatoms. The van der Waals surface area contributed by atoms with E-state index in [-0.39, 0.29) is 0 Å². The highest BCUT2D eigenvalue weighted by atomic mass is 35.5. The van der Waals surface area contributed by atoms with Crippen LogP contribution in [-0.4, -0.2) is 35.2 Å². The Hall–Kier alpha value is -0.160. The summed E-state index contributed by atoms with van der Waals surface area (Å²) in [6.07, 6.45) is 5.26. The van der Waals surface area contributed by atoms with Crippen LogP contribution in [0.5, 0.6) is 0 Å². The highest BCUT2D eigenvalue weighted by Crippen LogP contribution is 2.28.